The van der Waals surface area contributed by atoms with Crippen LogP contribution in [-0.4, -0.2) is 21.0 Å². The molecule has 0 aliphatic rings. The van der Waals surface area contributed by atoms with Crippen molar-refractivity contribution in [2.75, 3.05) is 0 Å². The van der Waals surface area contributed by atoms with Crippen LogP contribution >= 0.6 is 11.3 Å². The van der Waals surface area contributed by atoms with Crippen molar-refractivity contribution in [1.82, 2.24) is 9.97 Å². The van der Waals surface area contributed by atoms with Gasteiger partial charge in [0.1, 0.15) is 0 Å². The number of nitrogens with one attached hydrogen (secondary N) is 1. The molecule has 1 aromatic carbocycles. The van der Waals surface area contributed by atoms with E-state index < -0.39 is 5.97 Å². The van der Waals surface area contributed by atoms with Crippen LogP contribution in [0, 0.1) is 6.92 Å². The summed E-state index contributed by atoms with van der Waals surface area (Å²) < 4.78 is 0. The van der Waals surface area contributed by atoms with Gasteiger partial charge < -0.3 is 10.1 Å². The molecule has 5 heteroatoms. The molecule has 0 bridgehead atoms. The number of para-hydroxylation sites is 1. The Balaban J connectivity index is 2.29. The maximum atomic E-state index is 11.2. The van der Waals surface area contributed by atoms with Crippen LogP contribution in [0.3, 0.4) is 0 Å². The Hall–Kier alpha value is -2.14. The first-order valence-corrected chi connectivity index (χ1v) is 6.25. The first-order valence-electron chi connectivity index (χ1n) is 5.44. The number of thiazole rings is 1. The van der Waals surface area contributed by atoms with Gasteiger partial charge in [-0.3, -0.25) is 0 Å². The van der Waals surface area contributed by atoms with E-state index in [-0.39, 0.29) is 5.69 Å². The first kappa shape index (κ1) is 11.0. The quantitative estimate of drug-likeness (QED) is 0.741. The lowest BCUT2D eigenvalue weighted by Crippen LogP contribution is -1.98. The van der Waals surface area contributed by atoms with Crippen molar-refractivity contribution >= 4 is 28.2 Å². The third-order valence-electron chi connectivity index (χ3n) is 2.77. The van der Waals surface area contributed by atoms with E-state index in [9.17, 15) is 9.90 Å². The standard InChI is InChI=1S/C13H10N2O2S/c1-7-15-11(13(16)17)12(18-7)9-6-14-10-5-3-2-4-8(9)10/h2-6,14H,1H3,(H,16,17). The summed E-state index contributed by atoms with van der Waals surface area (Å²) in [5.41, 5.74) is 2.02. The maximum absolute atomic E-state index is 11.2. The van der Waals surface area contributed by atoms with Crippen LogP contribution in [0.15, 0.2) is 30.5 Å². The number of aromatic nitrogens is 2. The molecule has 2 N–H and O–H groups in total. The molecular formula is C13H10N2O2S. The molecule has 0 amide bonds. The number of aromatic amines is 1. The maximum Gasteiger partial charge on any atom is 0.356 e. The highest BCUT2D eigenvalue weighted by atomic mass is 32.1. The number of carbonyl (C=O) groups is 1. The molecule has 90 valence electrons. The van der Waals surface area contributed by atoms with Gasteiger partial charge in [0.2, 0.25) is 0 Å². The second kappa shape index (κ2) is 3.96. The Morgan fingerprint density at radius 2 is 2.17 bits per heavy atom. The molecule has 3 aromatic rings. The second-order valence-electron chi connectivity index (χ2n) is 3.96. The van der Waals surface area contributed by atoms with Crippen molar-refractivity contribution < 1.29 is 9.90 Å². The van der Waals surface area contributed by atoms with Crippen LogP contribution in [0.1, 0.15) is 15.5 Å². The first-order chi connectivity index (χ1) is 8.66. The van der Waals surface area contributed by atoms with Crippen LogP contribution in [0.2, 0.25) is 0 Å². The average Bonchev–Trinajstić information content (AvgIpc) is 2.92. The van der Waals surface area contributed by atoms with Crippen molar-refractivity contribution in [3.8, 4) is 10.4 Å². The molecule has 0 spiro atoms. The van der Waals surface area contributed by atoms with Gasteiger partial charge in [0.15, 0.2) is 5.69 Å². The minimum Gasteiger partial charge on any atom is -0.476 e. The summed E-state index contributed by atoms with van der Waals surface area (Å²) in [6, 6.07) is 7.82. The molecule has 0 atom stereocenters. The molecule has 18 heavy (non-hydrogen) atoms. The SMILES string of the molecule is Cc1nc(C(=O)O)c(-c2c[nH]c3ccccc23)s1. The van der Waals surface area contributed by atoms with Crippen molar-refractivity contribution in [2.45, 2.75) is 6.92 Å². The smallest absolute Gasteiger partial charge is 0.356 e. The van der Waals surface area contributed by atoms with Crippen LogP contribution < -0.4 is 0 Å². The van der Waals surface area contributed by atoms with Crippen molar-refractivity contribution in [3.05, 3.63) is 41.2 Å². The molecule has 0 aliphatic heterocycles. The molecule has 4 nitrogen and oxygen atoms in total. The Labute approximate surface area is 107 Å². The molecule has 0 saturated carbocycles. The zero-order chi connectivity index (χ0) is 12.7. The summed E-state index contributed by atoms with van der Waals surface area (Å²) in [6.45, 7) is 1.81. The number of nitrogens with zero attached hydrogens (tertiary/aromatic N) is 1. The minimum absolute atomic E-state index is 0.127. The minimum atomic E-state index is -0.986. The predicted octanol–water partition coefficient (Wildman–Crippen LogP) is 3.30. The number of aromatic carboxylic acids is 1. The lowest BCUT2D eigenvalue weighted by atomic mass is 10.1. The van der Waals surface area contributed by atoms with Gasteiger partial charge in [0.05, 0.1) is 9.88 Å². The van der Waals surface area contributed by atoms with E-state index >= 15 is 0 Å². The third kappa shape index (κ3) is 1.60. The van der Waals surface area contributed by atoms with Crippen LogP contribution in [0.4, 0.5) is 0 Å². The highest BCUT2D eigenvalue weighted by molar-refractivity contribution is 7.15. The zero-order valence-electron chi connectivity index (χ0n) is 9.60. The van der Waals surface area contributed by atoms with Gasteiger partial charge in [-0.05, 0) is 13.0 Å². The number of hydrogen-bond donors (Lipinski definition) is 2. The summed E-state index contributed by atoms with van der Waals surface area (Å²) in [5.74, 6) is -0.986. The fourth-order valence-corrected chi connectivity index (χ4v) is 2.95. The molecule has 0 unspecified atom stereocenters. The van der Waals surface area contributed by atoms with E-state index in [1.807, 2.05) is 37.4 Å². The average molecular weight is 258 g/mol. The van der Waals surface area contributed by atoms with E-state index in [0.717, 1.165) is 21.5 Å². The summed E-state index contributed by atoms with van der Waals surface area (Å²) in [6.07, 6.45) is 1.84. The largest absolute Gasteiger partial charge is 0.476 e. The van der Waals surface area contributed by atoms with Crippen molar-refractivity contribution in [1.29, 1.82) is 0 Å². The molecule has 0 fully saturated rings. The van der Waals surface area contributed by atoms with Crippen molar-refractivity contribution in [2.24, 2.45) is 0 Å². The van der Waals surface area contributed by atoms with E-state index in [2.05, 4.69) is 9.97 Å². The summed E-state index contributed by atoms with van der Waals surface area (Å²) in [7, 11) is 0. The van der Waals surface area contributed by atoms with Crippen LogP contribution in [0.5, 0.6) is 0 Å². The van der Waals surface area contributed by atoms with Gasteiger partial charge in [-0.25, -0.2) is 9.78 Å². The molecular weight excluding hydrogens is 248 g/mol. The fraction of sp³-hybridized carbons (Fsp3) is 0.0769. The van der Waals surface area contributed by atoms with Gasteiger partial charge in [0.25, 0.3) is 0 Å². The second-order valence-corrected chi connectivity index (χ2v) is 5.17. The number of fused-ring (bicyclic) bond motifs is 1. The van der Waals surface area contributed by atoms with E-state index in [1.54, 1.807) is 0 Å². The Kier molecular flexibility index (Phi) is 2.41. The number of rotatable bonds is 2. The number of benzene rings is 1. The molecule has 0 aliphatic carbocycles. The van der Waals surface area contributed by atoms with Gasteiger partial charge in [-0.1, -0.05) is 18.2 Å². The molecule has 2 aromatic heterocycles. The lowest BCUT2D eigenvalue weighted by molar-refractivity contribution is 0.0692. The van der Waals surface area contributed by atoms with Crippen LogP contribution in [-0.2, 0) is 0 Å². The molecule has 0 saturated heterocycles. The number of H-pyrrole nitrogens is 1. The highest BCUT2D eigenvalue weighted by Crippen LogP contribution is 2.35. The summed E-state index contributed by atoms with van der Waals surface area (Å²) in [4.78, 5) is 19.1. The Bertz CT molecular complexity index is 742. The monoisotopic (exact) mass is 258 g/mol. The summed E-state index contributed by atoms with van der Waals surface area (Å²) in [5, 5.41) is 11.0. The highest BCUT2D eigenvalue weighted by Gasteiger charge is 2.19. The van der Waals surface area contributed by atoms with Gasteiger partial charge in [0, 0.05) is 22.7 Å². The van der Waals surface area contributed by atoms with Crippen molar-refractivity contribution in [3.63, 3.8) is 0 Å². The van der Waals surface area contributed by atoms with Gasteiger partial charge >= 0.3 is 5.97 Å². The topological polar surface area (TPSA) is 66.0 Å². The zero-order valence-corrected chi connectivity index (χ0v) is 10.4. The van der Waals surface area contributed by atoms with E-state index in [0.29, 0.717) is 4.88 Å². The number of hydrogen-bond acceptors (Lipinski definition) is 3. The Morgan fingerprint density at radius 3 is 2.94 bits per heavy atom. The molecule has 2 heterocycles. The number of carboxylic acids is 1. The van der Waals surface area contributed by atoms with Crippen LogP contribution in [0.25, 0.3) is 21.3 Å². The normalized spacial score (nSPS) is 10.9. The van der Waals surface area contributed by atoms with Gasteiger partial charge in [-0.2, -0.15) is 0 Å². The third-order valence-corrected chi connectivity index (χ3v) is 3.77. The Morgan fingerprint density at radius 1 is 1.39 bits per heavy atom. The lowest BCUT2D eigenvalue weighted by Gasteiger charge is -1.96. The summed E-state index contributed by atoms with van der Waals surface area (Å²) >= 11 is 1.40. The molecule has 0 radical (unpaired) electrons. The van der Waals surface area contributed by atoms with E-state index in [1.165, 1.54) is 11.3 Å². The number of aryl methyl sites for hydroxylation is 1. The fourth-order valence-electron chi connectivity index (χ4n) is 2.01. The van der Waals surface area contributed by atoms with E-state index in [4.69, 9.17) is 0 Å². The van der Waals surface area contributed by atoms with Gasteiger partial charge in [-0.15, -0.1) is 11.3 Å². The molecule has 3 rings (SSSR count). The number of carboxylic acid groups (broad SMARTS) is 1. The predicted molar refractivity (Wildman–Crippen MR) is 71.1 cm³/mol.